The summed E-state index contributed by atoms with van der Waals surface area (Å²) in [6.45, 7) is 6.81. The Kier molecular flexibility index (Phi) is 2.40. The van der Waals surface area contributed by atoms with Gasteiger partial charge in [0.05, 0.1) is 6.61 Å². The van der Waals surface area contributed by atoms with Crippen LogP contribution in [0.5, 0.6) is 0 Å². The van der Waals surface area contributed by atoms with Crippen LogP contribution in [0.4, 0.5) is 0 Å². The van der Waals surface area contributed by atoms with Crippen LogP contribution in [0.1, 0.15) is 20.3 Å². The molecule has 1 aliphatic heterocycles. The third-order valence-corrected chi connectivity index (χ3v) is 1.91. The summed E-state index contributed by atoms with van der Waals surface area (Å²) in [4.78, 5) is 22.2. The van der Waals surface area contributed by atoms with Crippen molar-refractivity contribution in [3.8, 4) is 0 Å². The minimum Gasteiger partial charge on any atom is -0.463 e. The fourth-order valence-corrected chi connectivity index (χ4v) is 0.978. The van der Waals surface area contributed by atoms with Gasteiger partial charge in [0, 0.05) is 12.0 Å². The molecule has 1 unspecified atom stereocenters. The Bertz CT molecular complexity index is 269. The molecule has 1 heterocycles. The molecule has 0 saturated carbocycles. The zero-order chi connectivity index (χ0) is 10.1. The summed E-state index contributed by atoms with van der Waals surface area (Å²) in [5, 5.41) is 0. The van der Waals surface area contributed by atoms with Crippen LogP contribution in [0.3, 0.4) is 0 Å². The van der Waals surface area contributed by atoms with Crippen molar-refractivity contribution in [2.24, 2.45) is 0 Å². The molecule has 1 fully saturated rings. The van der Waals surface area contributed by atoms with Gasteiger partial charge in [-0.2, -0.15) is 0 Å². The third kappa shape index (κ3) is 1.88. The van der Waals surface area contributed by atoms with E-state index in [1.165, 1.54) is 6.92 Å². The molecule has 13 heavy (non-hydrogen) atoms. The molecule has 1 rings (SSSR count). The number of hydrogen-bond acceptors (Lipinski definition) is 4. The minimum atomic E-state index is -1.12. The lowest BCUT2D eigenvalue weighted by atomic mass is 10.1. The van der Waals surface area contributed by atoms with Gasteiger partial charge in [0.2, 0.25) is 5.60 Å². The molecule has 72 valence electrons. The van der Waals surface area contributed by atoms with Gasteiger partial charge in [-0.15, -0.1) is 0 Å². The smallest absolute Gasteiger partial charge is 0.350 e. The molecule has 1 saturated heterocycles. The predicted molar refractivity (Wildman–Crippen MR) is 44.9 cm³/mol. The second-order valence-electron chi connectivity index (χ2n) is 3.29. The topological polar surface area (TPSA) is 52.6 Å². The van der Waals surface area contributed by atoms with Crippen LogP contribution in [0, 0.1) is 0 Å². The first-order chi connectivity index (χ1) is 5.96. The Labute approximate surface area is 76.5 Å². The van der Waals surface area contributed by atoms with Crippen molar-refractivity contribution < 1.29 is 19.1 Å². The second-order valence-corrected chi connectivity index (χ2v) is 3.29. The van der Waals surface area contributed by atoms with Crippen molar-refractivity contribution in [3.63, 3.8) is 0 Å². The quantitative estimate of drug-likeness (QED) is 0.470. The van der Waals surface area contributed by atoms with Crippen LogP contribution in [0.15, 0.2) is 12.2 Å². The van der Waals surface area contributed by atoms with E-state index in [4.69, 9.17) is 9.47 Å². The van der Waals surface area contributed by atoms with Crippen molar-refractivity contribution in [1.82, 2.24) is 0 Å². The molecule has 0 aromatic heterocycles. The summed E-state index contributed by atoms with van der Waals surface area (Å²) in [6, 6.07) is 0. The number of ether oxygens (including phenoxy) is 2. The van der Waals surface area contributed by atoms with Crippen LogP contribution in [0.2, 0.25) is 0 Å². The molecule has 0 bridgehead atoms. The van der Waals surface area contributed by atoms with E-state index in [0.29, 0.717) is 13.0 Å². The molecule has 1 aliphatic rings. The van der Waals surface area contributed by atoms with Gasteiger partial charge in [-0.05, 0) is 13.8 Å². The molecule has 0 spiro atoms. The maximum Gasteiger partial charge on any atom is 0.350 e. The summed E-state index contributed by atoms with van der Waals surface area (Å²) >= 11 is 0. The SMILES string of the molecule is C=C(C)C(=O)OC1(C)CCOC1=O. The molecule has 0 aliphatic carbocycles. The van der Waals surface area contributed by atoms with Gasteiger partial charge in [0.25, 0.3) is 0 Å². The monoisotopic (exact) mass is 184 g/mol. The molecule has 0 radical (unpaired) electrons. The number of cyclic esters (lactones) is 1. The third-order valence-electron chi connectivity index (χ3n) is 1.91. The van der Waals surface area contributed by atoms with Crippen molar-refractivity contribution in [3.05, 3.63) is 12.2 Å². The van der Waals surface area contributed by atoms with E-state index in [1.807, 2.05) is 0 Å². The fraction of sp³-hybridized carbons (Fsp3) is 0.556. The van der Waals surface area contributed by atoms with Gasteiger partial charge < -0.3 is 9.47 Å². The van der Waals surface area contributed by atoms with Crippen molar-refractivity contribution in [2.75, 3.05) is 6.61 Å². The highest BCUT2D eigenvalue weighted by Crippen LogP contribution is 2.24. The summed E-state index contributed by atoms with van der Waals surface area (Å²) in [5.74, 6) is -1.04. The van der Waals surface area contributed by atoms with Crippen LogP contribution in [0.25, 0.3) is 0 Å². The average Bonchev–Trinajstić information content (AvgIpc) is 2.32. The maximum absolute atomic E-state index is 11.1. The molecule has 0 amide bonds. The number of rotatable bonds is 2. The van der Waals surface area contributed by atoms with Crippen LogP contribution >= 0.6 is 0 Å². The first-order valence-electron chi connectivity index (χ1n) is 4.02. The summed E-state index contributed by atoms with van der Waals surface area (Å²) in [6.07, 6.45) is 0.408. The zero-order valence-corrected chi connectivity index (χ0v) is 7.75. The van der Waals surface area contributed by atoms with E-state index in [2.05, 4.69) is 6.58 Å². The van der Waals surface area contributed by atoms with Gasteiger partial charge in [0.15, 0.2) is 0 Å². The Morgan fingerprint density at radius 2 is 2.31 bits per heavy atom. The van der Waals surface area contributed by atoms with Gasteiger partial charge in [-0.3, -0.25) is 0 Å². The lowest BCUT2D eigenvalue weighted by molar-refractivity contribution is -0.167. The minimum absolute atomic E-state index is 0.279. The summed E-state index contributed by atoms with van der Waals surface area (Å²) in [7, 11) is 0. The highest BCUT2D eigenvalue weighted by atomic mass is 16.6. The van der Waals surface area contributed by atoms with Crippen molar-refractivity contribution >= 4 is 11.9 Å². The highest BCUT2D eigenvalue weighted by Gasteiger charge is 2.43. The van der Waals surface area contributed by atoms with Gasteiger partial charge in [0.1, 0.15) is 0 Å². The highest BCUT2D eigenvalue weighted by molar-refractivity contribution is 5.91. The summed E-state index contributed by atoms with van der Waals surface area (Å²) < 4.78 is 9.66. The first-order valence-corrected chi connectivity index (χ1v) is 4.02. The van der Waals surface area contributed by atoms with Crippen LogP contribution in [-0.4, -0.2) is 24.1 Å². The van der Waals surface area contributed by atoms with Gasteiger partial charge in [-0.1, -0.05) is 6.58 Å². The molecular weight excluding hydrogens is 172 g/mol. The van der Waals surface area contributed by atoms with E-state index in [9.17, 15) is 9.59 Å². The lowest BCUT2D eigenvalue weighted by Gasteiger charge is -2.19. The van der Waals surface area contributed by atoms with Gasteiger partial charge >= 0.3 is 11.9 Å². The number of esters is 2. The fourth-order valence-electron chi connectivity index (χ4n) is 0.978. The Morgan fingerprint density at radius 3 is 2.69 bits per heavy atom. The predicted octanol–water partition coefficient (Wildman–Crippen LogP) is 0.811. The molecule has 1 atom stereocenters. The lowest BCUT2D eigenvalue weighted by Crippen LogP contribution is -2.36. The second kappa shape index (κ2) is 3.20. The standard InChI is InChI=1S/C9H12O4/c1-6(2)7(10)13-9(3)4-5-12-8(9)11/h1,4-5H2,2-3H3. The molecule has 0 aromatic rings. The van der Waals surface area contributed by atoms with Crippen molar-refractivity contribution in [2.45, 2.75) is 25.9 Å². The Morgan fingerprint density at radius 1 is 1.69 bits per heavy atom. The molecule has 0 aromatic carbocycles. The average molecular weight is 184 g/mol. The molecule has 4 heteroatoms. The molecule has 0 N–H and O–H groups in total. The van der Waals surface area contributed by atoms with E-state index in [-0.39, 0.29) is 5.57 Å². The molecule has 4 nitrogen and oxygen atoms in total. The summed E-state index contributed by atoms with van der Waals surface area (Å²) in [5.41, 5.74) is -0.836. The Balaban J connectivity index is 2.67. The van der Waals surface area contributed by atoms with E-state index in [0.717, 1.165) is 0 Å². The van der Waals surface area contributed by atoms with Crippen LogP contribution in [-0.2, 0) is 19.1 Å². The van der Waals surface area contributed by atoms with Gasteiger partial charge in [-0.25, -0.2) is 9.59 Å². The first kappa shape index (κ1) is 9.77. The number of hydrogen-bond donors (Lipinski definition) is 0. The van der Waals surface area contributed by atoms with E-state index >= 15 is 0 Å². The zero-order valence-electron chi connectivity index (χ0n) is 7.75. The Hall–Kier alpha value is -1.32. The largest absolute Gasteiger partial charge is 0.463 e. The van der Waals surface area contributed by atoms with Crippen molar-refractivity contribution in [1.29, 1.82) is 0 Å². The maximum atomic E-state index is 11.1. The van der Waals surface area contributed by atoms with Crippen LogP contribution < -0.4 is 0 Å². The van der Waals surface area contributed by atoms with E-state index in [1.54, 1.807) is 6.92 Å². The number of carbonyl (C=O) groups excluding carboxylic acids is 2. The normalized spacial score (nSPS) is 26.8. The van der Waals surface area contributed by atoms with E-state index < -0.39 is 17.5 Å². The molecular formula is C9H12O4. The number of carbonyl (C=O) groups is 2.